The maximum atomic E-state index is 12.7. The SMILES string of the molecule is CC(=O)N1CCN(C(=O)Cc2nc(C(C)C)c(C)s2)C(C)(C)C1. The van der Waals surface area contributed by atoms with Gasteiger partial charge in [0.25, 0.3) is 0 Å². The van der Waals surface area contributed by atoms with Crippen LogP contribution in [0.1, 0.15) is 56.1 Å². The van der Waals surface area contributed by atoms with E-state index >= 15 is 0 Å². The largest absolute Gasteiger partial charge is 0.339 e. The van der Waals surface area contributed by atoms with E-state index in [2.05, 4.69) is 25.8 Å². The zero-order chi connectivity index (χ0) is 17.4. The lowest BCUT2D eigenvalue weighted by Gasteiger charge is -2.47. The molecule has 2 rings (SSSR count). The minimum Gasteiger partial charge on any atom is -0.339 e. The molecular weight excluding hydrogens is 310 g/mol. The van der Waals surface area contributed by atoms with Gasteiger partial charge < -0.3 is 9.80 Å². The van der Waals surface area contributed by atoms with Crippen molar-refractivity contribution in [2.45, 2.75) is 59.4 Å². The Morgan fingerprint density at radius 3 is 2.43 bits per heavy atom. The van der Waals surface area contributed by atoms with Gasteiger partial charge in [0.2, 0.25) is 11.8 Å². The first kappa shape index (κ1) is 17.9. The predicted octanol–water partition coefficient (Wildman–Crippen LogP) is 2.59. The summed E-state index contributed by atoms with van der Waals surface area (Å²) in [4.78, 5) is 33.9. The summed E-state index contributed by atoms with van der Waals surface area (Å²) in [7, 11) is 0. The molecule has 0 saturated carbocycles. The van der Waals surface area contributed by atoms with Crippen molar-refractivity contribution in [3.05, 3.63) is 15.6 Å². The molecule has 0 spiro atoms. The van der Waals surface area contributed by atoms with Crippen LogP contribution < -0.4 is 0 Å². The van der Waals surface area contributed by atoms with Crippen molar-refractivity contribution in [2.24, 2.45) is 0 Å². The van der Waals surface area contributed by atoms with Crippen LogP contribution in [0.4, 0.5) is 0 Å². The summed E-state index contributed by atoms with van der Waals surface area (Å²) in [5, 5.41) is 0.890. The molecule has 1 saturated heterocycles. The molecule has 0 atom stereocenters. The van der Waals surface area contributed by atoms with Crippen LogP contribution in [0.25, 0.3) is 0 Å². The van der Waals surface area contributed by atoms with E-state index in [1.165, 1.54) is 4.88 Å². The van der Waals surface area contributed by atoms with Gasteiger partial charge in [-0.2, -0.15) is 0 Å². The molecule has 0 aromatic carbocycles. The van der Waals surface area contributed by atoms with Crippen LogP contribution in [0.5, 0.6) is 0 Å². The Kier molecular flexibility index (Phi) is 5.14. The molecule has 0 aliphatic carbocycles. The molecule has 23 heavy (non-hydrogen) atoms. The summed E-state index contributed by atoms with van der Waals surface area (Å²) in [6.45, 7) is 13.7. The maximum absolute atomic E-state index is 12.7. The molecule has 6 heteroatoms. The number of piperazine rings is 1. The minimum atomic E-state index is -0.339. The highest BCUT2D eigenvalue weighted by atomic mass is 32.1. The normalized spacial score (nSPS) is 17.7. The fraction of sp³-hybridized carbons (Fsp3) is 0.706. The summed E-state index contributed by atoms with van der Waals surface area (Å²) in [5.74, 6) is 0.551. The van der Waals surface area contributed by atoms with Crippen molar-refractivity contribution in [1.29, 1.82) is 0 Å². The van der Waals surface area contributed by atoms with E-state index in [4.69, 9.17) is 0 Å². The topological polar surface area (TPSA) is 53.5 Å². The van der Waals surface area contributed by atoms with Gasteiger partial charge in [0.15, 0.2) is 0 Å². The van der Waals surface area contributed by atoms with Gasteiger partial charge >= 0.3 is 0 Å². The zero-order valence-electron chi connectivity index (χ0n) is 15.0. The van der Waals surface area contributed by atoms with E-state index in [0.717, 1.165) is 10.7 Å². The predicted molar refractivity (Wildman–Crippen MR) is 92.7 cm³/mol. The van der Waals surface area contributed by atoms with E-state index in [-0.39, 0.29) is 17.4 Å². The average molecular weight is 337 g/mol. The average Bonchev–Trinajstić information content (AvgIpc) is 2.78. The fourth-order valence-electron chi connectivity index (χ4n) is 3.19. The highest BCUT2D eigenvalue weighted by Gasteiger charge is 2.37. The van der Waals surface area contributed by atoms with Crippen molar-refractivity contribution in [3.8, 4) is 0 Å². The Morgan fingerprint density at radius 1 is 1.30 bits per heavy atom. The van der Waals surface area contributed by atoms with Gasteiger partial charge in [0.1, 0.15) is 5.01 Å². The van der Waals surface area contributed by atoms with Crippen LogP contribution in [-0.4, -0.2) is 51.8 Å². The van der Waals surface area contributed by atoms with E-state index in [1.807, 2.05) is 23.6 Å². The number of aromatic nitrogens is 1. The van der Waals surface area contributed by atoms with Crippen LogP contribution >= 0.6 is 11.3 Å². The standard InChI is InChI=1S/C17H27N3O2S/c1-11(2)16-12(3)23-14(18-16)9-15(22)20-8-7-19(13(4)21)10-17(20,5)6/h11H,7-10H2,1-6H3. The Bertz CT molecular complexity index is 607. The molecule has 2 amide bonds. The second kappa shape index (κ2) is 6.59. The molecule has 2 heterocycles. The second-order valence-corrected chi connectivity index (χ2v) is 8.47. The summed E-state index contributed by atoms with van der Waals surface area (Å²) < 4.78 is 0. The van der Waals surface area contributed by atoms with Crippen molar-refractivity contribution in [2.75, 3.05) is 19.6 Å². The van der Waals surface area contributed by atoms with Gasteiger partial charge in [-0.25, -0.2) is 4.98 Å². The molecule has 0 unspecified atom stereocenters. The lowest BCUT2D eigenvalue weighted by Crippen LogP contribution is -2.62. The lowest BCUT2D eigenvalue weighted by atomic mass is 9.98. The fourth-order valence-corrected chi connectivity index (χ4v) is 4.27. The number of amides is 2. The molecule has 0 radical (unpaired) electrons. The lowest BCUT2D eigenvalue weighted by molar-refractivity contribution is -0.146. The number of hydrogen-bond donors (Lipinski definition) is 0. The molecule has 1 aromatic heterocycles. The van der Waals surface area contributed by atoms with Gasteiger partial charge in [-0.15, -0.1) is 11.3 Å². The Balaban J connectivity index is 2.09. The summed E-state index contributed by atoms with van der Waals surface area (Å²) >= 11 is 1.62. The Labute approximate surface area is 142 Å². The van der Waals surface area contributed by atoms with Gasteiger partial charge in [-0.3, -0.25) is 9.59 Å². The minimum absolute atomic E-state index is 0.0716. The van der Waals surface area contributed by atoms with Crippen LogP contribution in [0.3, 0.4) is 0 Å². The molecular formula is C17H27N3O2S. The molecule has 1 fully saturated rings. The highest BCUT2D eigenvalue weighted by molar-refractivity contribution is 7.11. The van der Waals surface area contributed by atoms with Crippen LogP contribution in [0, 0.1) is 6.92 Å². The van der Waals surface area contributed by atoms with Gasteiger partial charge in [-0.1, -0.05) is 13.8 Å². The number of carbonyl (C=O) groups excluding carboxylic acids is 2. The molecule has 128 valence electrons. The van der Waals surface area contributed by atoms with Gasteiger partial charge in [-0.05, 0) is 26.7 Å². The molecule has 1 aromatic rings. The summed E-state index contributed by atoms with van der Waals surface area (Å²) in [6.07, 6.45) is 0.349. The number of thiazole rings is 1. The first-order valence-corrected chi connectivity index (χ1v) is 8.95. The third-order valence-corrected chi connectivity index (χ3v) is 5.36. The summed E-state index contributed by atoms with van der Waals surface area (Å²) in [6, 6.07) is 0. The monoisotopic (exact) mass is 337 g/mol. The van der Waals surface area contributed by atoms with E-state index in [0.29, 0.717) is 32.0 Å². The first-order valence-electron chi connectivity index (χ1n) is 8.14. The molecule has 1 aliphatic rings. The van der Waals surface area contributed by atoms with E-state index in [9.17, 15) is 9.59 Å². The third-order valence-electron chi connectivity index (χ3n) is 4.37. The molecule has 1 aliphatic heterocycles. The van der Waals surface area contributed by atoms with Crippen molar-refractivity contribution < 1.29 is 9.59 Å². The number of rotatable bonds is 3. The van der Waals surface area contributed by atoms with Crippen LogP contribution in [0.15, 0.2) is 0 Å². The smallest absolute Gasteiger partial charge is 0.230 e. The van der Waals surface area contributed by atoms with Gasteiger partial charge in [0.05, 0.1) is 17.7 Å². The second-order valence-electron chi connectivity index (χ2n) is 7.18. The number of carbonyl (C=O) groups is 2. The number of aryl methyl sites for hydroxylation is 1. The first-order chi connectivity index (χ1) is 10.6. The molecule has 5 nitrogen and oxygen atoms in total. The summed E-state index contributed by atoms with van der Waals surface area (Å²) in [5.41, 5.74) is 0.757. The van der Waals surface area contributed by atoms with Crippen molar-refractivity contribution in [1.82, 2.24) is 14.8 Å². The van der Waals surface area contributed by atoms with E-state index in [1.54, 1.807) is 18.3 Å². The molecule has 0 bridgehead atoms. The van der Waals surface area contributed by atoms with Gasteiger partial charge in [0, 0.05) is 31.4 Å². The third kappa shape index (κ3) is 3.91. The zero-order valence-corrected chi connectivity index (χ0v) is 15.8. The van der Waals surface area contributed by atoms with E-state index < -0.39 is 0 Å². The number of nitrogens with zero attached hydrogens (tertiary/aromatic N) is 3. The van der Waals surface area contributed by atoms with Crippen molar-refractivity contribution >= 4 is 23.2 Å². The quantitative estimate of drug-likeness (QED) is 0.852. The Hall–Kier alpha value is -1.43. The highest BCUT2D eigenvalue weighted by Crippen LogP contribution is 2.26. The Morgan fingerprint density at radius 2 is 1.96 bits per heavy atom. The van der Waals surface area contributed by atoms with Crippen LogP contribution in [0.2, 0.25) is 0 Å². The van der Waals surface area contributed by atoms with Crippen molar-refractivity contribution in [3.63, 3.8) is 0 Å². The maximum Gasteiger partial charge on any atom is 0.230 e. The van der Waals surface area contributed by atoms with Crippen LogP contribution in [-0.2, 0) is 16.0 Å². The number of hydrogen-bond acceptors (Lipinski definition) is 4. The molecule has 0 N–H and O–H groups in total.